The summed E-state index contributed by atoms with van der Waals surface area (Å²) < 4.78 is 0. The molecule has 6 heteroatoms. The molecule has 1 aromatic carbocycles. The second-order valence-electron chi connectivity index (χ2n) is 4.69. The molecule has 21 heavy (non-hydrogen) atoms. The Balaban J connectivity index is 1.92. The average molecular weight is 301 g/mol. The lowest BCUT2D eigenvalue weighted by Crippen LogP contribution is -2.37. The number of carbonyl (C=O) groups is 2. The van der Waals surface area contributed by atoms with E-state index in [1.54, 1.807) is 23.1 Å². The molecule has 2 amide bonds. The van der Waals surface area contributed by atoms with E-state index >= 15 is 0 Å². The molecule has 1 aliphatic rings. The summed E-state index contributed by atoms with van der Waals surface area (Å²) in [6, 6.07) is 9.47. The van der Waals surface area contributed by atoms with E-state index < -0.39 is 5.91 Å². The Morgan fingerprint density at radius 1 is 1.43 bits per heavy atom. The highest BCUT2D eigenvalue weighted by Crippen LogP contribution is 2.26. The molecule has 0 unspecified atom stereocenters. The molecule has 1 radical (unpaired) electrons. The predicted molar refractivity (Wildman–Crippen MR) is 78.4 cm³/mol. The van der Waals surface area contributed by atoms with Gasteiger partial charge in [0.2, 0.25) is 0 Å². The van der Waals surface area contributed by atoms with Gasteiger partial charge < -0.3 is 10.6 Å². The highest BCUT2D eigenvalue weighted by Gasteiger charge is 2.25. The van der Waals surface area contributed by atoms with Crippen LogP contribution in [0.25, 0.3) is 0 Å². The van der Waals surface area contributed by atoms with Gasteiger partial charge in [-0.2, -0.15) is 0 Å². The monoisotopic (exact) mass is 300 g/mol. The molecule has 0 bridgehead atoms. The normalized spacial score (nSPS) is 14.0. The number of fused-ring (bicyclic) bond motifs is 1. The zero-order chi connectivity index (χ0) is 15.0. The van der Waals surface area contributed by atoms with Gasteiger partial charge in [0.25, 0.3) is 11.8 Å². The molecule has 3 rings (SSSR count). The Hall–Kier alpha value is -2.40. The molecule has 2 heterocycles. The average Bonchev–Trinajstić information content (AvgIpc) is 2.47. The van der Waals surface area contributed by atoms with E-state index in [0.29, 0.717) is 29.2 Å². The third kappa shape index (κ3) is 2.48. The highest BCUT2D eigenvalue weighted by atomic mass is 35.5. The molecule has 0 fully saturated rings. The lowest BCUT2D eigenvalue weighted by molar-refractivity contribution is 0.0978. The topological polar surface area (TPSA) is 76.3 Å². The Morgan fingerprint density at radius 3 is 2.90 bits per heavy atom. The van der Waals surface area contributed by atoms with Gasteiger partial charge in [0, 0.05) is 23.2 Å². The molecule has 0 saturated carbocycles. The van der Waals surface area contributed by atoms with Crippen LogP contribution in [0.3, 0.4) is 0 Å². The molecular weight excluding hydrogens is 290 g/mol. The van der Waals surface area contributed by atoms with Gasteiger partial charge in [-0.1, -0.05) is 11.6 Å². The molecule has 1 aromatic heterocycles. The number of aromatic nitrogens is 1. The third-order valence-corrected chi connectivity index (χ3v) is 3.61. The van der Waals surface area contributed by atoms with E-state index in [0.717, 1.165) is 5.56 Å². The second kappa shape index (κ2) is 5.18. The van der Waals surface area contributed by atoms with Crippen molar-refractivity contribution in [1.29, 1.82) is 0 Å². The number of halogens is 1. The van der Waals surface area contributed by atoms with Crippen molar-refractivity contribution >= 4 is 29.1 Å². The van der Waals surface area contributed by atoms with Crippen molar-refractivity contribution in [2.75, 3.05) is 11.4 Å². The van der Waals surface area contributed by atoms with E-state index in [1.807, 2.05) is 6.07 Å². The molecule has 0 spiro atoms. The maximum Gasteiger partial charge on any atom is 0.267 e. The number of rotatable bonds is 2. The summed E-state index contributed by atoms with van der Waals surface area (Å²) in [5, 5.41) is 0.621. The Labute approximate surface area is 126 Å². The summed E-state index contributed by atoms with van der Waals surface area (Å²) >= 11 is 5.94. The highest BCUT2D eigenvalue weighted by molar-refractivity contribution is 6.30. The predicted octanol–water partition coefficient (Wildman–Crippen LogP) is 1.84. The number of hydrogen-bond donors (Lipinski definition) is 1. The zero-order valence-corrected chi connectivity index (χ0v) is 11.7. The Bertz CT molecular complexity index is 728. The molecule has 0 atom stereocenters. The van der Waals surface area contributed by atoms with E-state index in [1.165, 1.54) is 6.20 Å². The summed E-state index contributed by atoms with van der Waals surface area (Å²) in [4.78, 5) is 29.0. The van der Waals surface area contributed by atoms with Gasteiger partial charge in [0.15, 0.2) is 0 Å². The van der Waals surface area contributed by atoms with Crippen LogP contribution in [0.5, 0.6) is 0 Å². The summed E-state index contributed by atoms with van der Waals surface area (Å²) in [5.74, 6) is -0.763. The summed E-state index contributed by atoms with van der Waals surface area (Å²) in [6.45, 7) is 0.525. The SMILES string of the molecule is NC(=O)c1[c]cc(N2CCc3cc(Cl)ccc3C2=O)cn1. The summed E-state index contributed by atoms with van der Waals surface area (Å²) in [5.41, 5.74) is 7.33. The van der Waals surface area contributed by atoms with Crippen molar-refractivity contribution in [3.63, 3.8) is 0 Å². The molecule has 1 aliphatic heterocycles. The molecule has 0 saturated heterocycles. The number of carbonyl (C=O) groups excluding carboxylic acids is 2. The van der Waals surface area contributed by atoms with Gasteiger partial charge in [0.1, 0.15) is 5.69 Å². The van der Waals surface area contributed by atoms with Crippen LogP contribution in [0.15, 0.2) is 30.5 Å². The Kier molecular flexibility index (Phi) is 3.35. The molecule has 105 valence electrons. The fourth-order valence-electron chi connectivity index (χ4n) is 2.33. The number of hydrogen-bond acceptors (Lipinski definition) is 3. The van der Waals surface area contributed by atoms with Gasteiger partial charge in [0.05, 0.1) is 11.9 Å². The fraction of sp³-hybridized carbons (Fsp3) is 0.133. The number of anilines is 1. The van der Waals surface area contributed by atoms with Crippen LogP contribution in [0, 0.1) is 6.07 Å². The van der Waals surface area contributed by atoms with E-state index in [9.17, 15) is 9.59 Å². The number of pyridine rings is 1. The minimum Gasteiger partial charge on any atom is -0.364 e. The quantitative estimate of drug-likeness (QED) is 0.919. The van der Waals surface area contributed by atoms with E-state index in [-0.39, 0.29) is 11.6 Å². The third-order valence-electron chi connectivity index (χ3n) is 3.38. The first-order chi connectivity index (χ1) is 10.1. The zero-order valence-electron chi connectivity index (χ0n) is 11.0. The summed E-state index contributed by atoms with van der Waals surface area (Å²) in [6.07, 6.45) is 2.16. The minimum atomic E-state index is -0.647. The van der Waals surface area contributed by atoms with Crippen molar-refractivity contribution in [3.05, 3.63) is 58.4 Å². The number of amides is 2. The first-order valence-corrected chi connectivity index (χ1v) is 6.72. The molecule has 0 aliphatic carbocycles. The smallest absolute Gasteiger partial charge is 0.267 e. The largest absolute Gasteiger partial charge is 0.364 e. The van der Waals surface area contributed by atoms with Crippen LogP contribution in [-0.4, -0.2) is 23.3 Å². The number of primary amides is 1. The number of benzene rings is 1. The second-order valence-corrected chi connectivity index (χ2v) is 5.13. The van der Waals surface area contributed by atoms with Gasteiger partial charge in [-0.3, -0.25) is 9.59 Å². The number of nitrogens with two attached hydrogens (primary N) is 1. The molecule has 2 N–H and O–H groups in total. The van der Waals surface area contributed by atoms with Crippen LogP contribution in [-0.2, 0) is 6.42 Å². The fourth-order valence-corrected chi connectivity index (χ4v) is 2.53. The standard InChI is InChI=1S/C15H11ClN3O2/c16-10-1-3-12-9(7-10)5-6-19(15(12)21)11-2-4-13(14(17)20)18-8-11/h1-3,7-8H,5-6H2,(H2,17,20). The Morgan fingerprint density at radius 2 is 2.24 bits per heavy atom. The van der Waals surface area contributed by atoms with Crippen LogP contribution in [0.4, 0.5) is 5.69 Å². The maximum atomic E-state index is 12.5. The van der Waals surface area contributed by atoms with Gasteiger partial charge in [-0.25, -0.2) is 4.98 Å². The van der Waals surface area contributed by atoms with Crippen LogP contribution >= 0.6 is 11.6 Å². The van der Waals surface area contributed by atoms with Gasteiger partial charge >= 0.3 is 0 Å². The van der Waals surface area contributed by atoms with Crippen molar-refractivity contribution in [2.45, 2.75) is 6.42 Å². The maximum absolute atomic E-state index is 12.5. The first-order valence-electron chi connectivity index (χ1n) is 6.34. The van der Waals surface area contributed by atoms with Crippen LogP contribution < -0.4 is 10.6 Å². The van der Waals surface area contributed by atoms with Crippen LogP contribution in [0.1, 0.15) is 26.4 Å². The van der Waals surface area contributed by atoms with E-state index in [4.69, 9.17) is 17.3 Å². The molecular formula is C15H11ClN3O2. The van der Waals surface area contributed by atoms with Gasteiger partial charge in [-0.15, -0.1) is 0 Å². The number of nitrogens with zero attached hydrogens (tertiary/aromatic N) is 2. The van der Waals surface area contributed by atoms with Gasteiger partial charge in [-0.05, 0) is 36.2 Å². The van der Waals surface area contributed by atoms with Crippen molar-refractivity contribution in [2.24, 2.45) is 5.73 Å². The lowest BCUT2D eigenvalue weighted by atomic mass is 9.99. The van der Waals surface area contributed by atoms with Crippen LogP contribution in [0.2, 0.25) is 5.02 Å². The molecule has 2 aromatic rings. The molecule has 5 nitrogen and oxygen atoms in total. The minimum absolute atomic E-state index is 0.0513. The van der Waals surface area contributed by atoms with Crippen molar-refractivity contribution in [1.82, 2.24) is 4.98 Å². The lowest BCUT2D eigenvalue weighted by Gasteiger charge is -2.28. The first kappa shape index (κ1) is 13.6. The summed E-state index contributed by atoms with van der Waals surface area (Å²) in [7, 11) is 0. The van der Waals surface area contributed by atoms with Crippen molar-refractivity contribution in [3.8, 4) is 0 Å². The van der Waals surface area contributed by atoms with Crippen molar-refractivity contribution < 1.29 is 9.59 Å². The van der Waals surface area contributed by atoms with E-state index in [2.05, 4.69) is 11.1 Å².